The van der Waals surface area contributed by atoms with Crippen LogP contribution in [0.15, 0.2) is 12.7 Å². The van der Waals surface area contributed by atoms with E-state index in [9.17, 15) is 24.0 Å². The second-order valence-electron chi connectivity index (χ2n) is 7.62. The van der Waals surface area contributed by atoms with Crippen LogP contribution in [0.4, 0.5) is 0 Å². The Labute approximate surface area is 187 Å². The van der Waals surface area contributed by atoms with Gasteiger partial charge in [-0.2, -0.15) is 0 Å². The molecule has 1 fully saturated rings. The van der Waals surface area contributed by atoms with Crippen molar-refractivity contribution >= 4 is 29.8 Å². The summed E-state index contributed by atoms with van der Waals surface area (Å²) in [6, 6.07) is 0. The van der Waals surface area contributed by atoms with E-state index in [-0.39, 0.29) is 50.5 Å². The predicted octanol–water partition coefficient (Wildman–Crippen LogP) is 2.19. The summed E-state index contributed by atoms with van der Waals surface area (Å²) < 4.78 is 20.0. The molecule has 180 valence electrons. The molecule has 0 saturated heterocycles. The van der Waals surface area contributed by atoms with Gasteiger partial charge in [-0.3, -0.25) is 19.2 Å². The van der Waals surface area contributed by atoms with Crippen molar-refractivity contribution in [1.82, 2.24) is 0 Å². The Morgan fingerprint density at radius 3 is 2.06 bits per heavy atom. The van der Waals surface area contributed by atoms with Gasteiger partial charge in [-0.1, -0.05) is 6.58 Å². The highest BCUT2D eigenvalue weighted by Gasteiger charge is 2.30. The summed E-state index contributed by atoms with van der Waals surface area (Å²) in [6.07, 6.45) is 3.12. The number of hydrogen-bond acceptors (Lipinski definition) is 9. The Morgan fingerprint density at radius 2 is 1.47 bits per heavy atom. The molecule has 32 heavy (non-hydrogen) atoms. The van der Waals surface area contributed by atoms with E-state index < -0.39 is 30.0 Å². The number of carboxylic acid groups (broad SMARTS) is 1. The minimum absolute atomic E-state index is 0.102. The van der Waals surface area contributed by atoms with Crippen molar-refractivity contribution < 1.29 is 48.0 Å². The molecule has 0 aromatic carbocycles. The lowest BCUT2D eigenvalue weighted by Gasteiger charge is -2.24. The van der Waals surface area contributed by atoms with Gasteiger partial charge in [-0.05, 0) is 45.4 Å². The van der Waals surface area contributed by atoms with Gasteiger partial charge in [0.1, 0.15) is 12.7 Å². The highest BCUT2D eigenvalue weighted by Crippen LogP contribution is 2.29. The van der Waals surface area contributed by atoms with Crippen LogP contribution in [0.5, 0.6) is 0 Å². The fourth-order valence-electron chi connectivity index (χ4n) is 3.11. The first-order valence-electron chi connectivity index (χ1n) is 10.8. The fourth-order valence-corrected chi connectivity index (χ4v) is 3.11. The van der Waals surface area contributed by atoms with Crippen molar-refractivity contribution in [2.75, 3.05) is 19.8 Å². The van der Waals surface area contributed by atoms with Gasteiger partial charge in [0.05, 0.1) is 37.9 Å². The Hall–Kier alpha value is -2.91. The normalized spacial score (nSPS) is 18.7. The Bertz CT molecular complexity index is 664. The third-order valence-corrected chi connectivity index (χ3v) is 4.95. The van der Waals surface area contributed by atoms with E-state index in [4.69, 9.17) is 24.1 Å². The fraction of sp³-hybridized carbons (Fsp3) is 0.682. The number of esters is 4. The van der Waals surface area contributed by atoms with Gasteiger partial charge in [0.2, 0.25) is 0 Å². The molecule has 1 aliphatic rings. The highest BCUT2D eigenvalue weighted by molar-refractivity contribution is 5.81. The first-order chi connectivity index (χ1) is 15.2. The summed E-state index contributed by atoms with van der Waals surface area (Å²) in [5, 5.41) is 8.97. The van der Waals surface area contributed by atoms with Gasteiger partial charge >= 0.3 is 29.8 Å². The molecule has 0 aromatic rings. The maximum absolute atomic E-state index is 12.0. The number of carbonyl (C=O) groups is 5. The number of ether oxygens (including phenoxy) is 4. The van der Waals surface area contributed by atoms with E-state index in [0.29, 0.717) is 38.5 Å². The molecule has 0 radical (unpaired) electrons. The number of rotatable bonds is 14. The van der Waals surface area contributed by atoms with Crippen molar-refractivity contribution in [3.8, 4) is 0 Å². The Balaban J connectivity index is 2.03. The van der Waals surface area contributed by atoms with Crippen LogP contribution in [-0.4, -0.2) is 60.9 Å². The Morgan fingerprint density at radius 1 is 0.906 bits per heavy atom. The average molecular weight is 456 g/mol. The molecule has 0 aliphatic heterocycles. The van der Waals surface area contributed by atoms with E-state index in [0.717, 1.165) is 6.08 Å². The average Bonchev–Trinajstić information content (AvgIpc) is 2.78. The second kappa shape index (κ2) is 15.0. The molecule has 1 aliphatic carbocycles. The molecule has 0 bridgehead atoms. The highest BCUT2D eigenvalue weighted by atomic mass is 16.6. The maximum atomic E-state index is 12.0. The van der Waals surface area contributed by atoms with E-state index >= 15 is 0 Å². The topological polar surface area (TPSA) is 142 Å². The molecular weight excluding hydrogens is 424 g/mol. The van der Waals surface area contributed by atoms with Crippen molar-refractivity contribution in [3.63, 3.8) is 0 Å². The molecular formula is C22H32O10. The summed E-state index contributed by atoms with van der Waals surface area (Å²) in [7, 11) is 0. The maximum Gasteiger partial charge on any atom is 0.330 e. The van der Waals surface area contributed by atoms with Crippen LogP contribution in [0.2, 0.25) is 0 Å². The van der Waals surface area contributed by atoms with Crippen LogP contribution in [0.1, 0.15) is 58.3 Å². The van der Waals surface area contributed by atoms with Gasteiger partial charge in [0.15, 0.2) is 0 Å². The number of hydrogen-bond donors (Lipinski definition) is 1. The van der Waals surface area contributed by atoms with E-state index in [1.165, 1.54) is 0 Å². The molecule has 0 amide bonds. The molecule has 0 aromatic heterocycles. The van der Waals surface area contributed by atoms with E-state index in [1.807, 2.05) is 0 Å². The number of carbonyl (C=O) groups excluding carboxylic acids is 4. The zero-order valence-corrected chi connectivity index (χ0v) is 18.4. The lowest BCUT2D eigenvalue weighted by Crippen LogP contribution is -2.27. The van der Waals surface area contributed by atoms with E-state index in [2.05, 4.69) is 6.58 Å². The van der Waals surface area contributed by atoms with Crippen LogP contribution in [0.25, 0.3) is 0 Å². The lowest BCUT2D eigenvalue weighted by molar-refractivity contribution is -0.157. The largest absolute Gasteiger partial charge is 0.481 e. The molecule has 1 atom stereocenters. The predicted molar refractivity (Wildman–Crippen MR) is 110 cm³/mol. The summed E-state index contributed by atoms with van der Waals surface area (Å²) in [5.74, 6) is -3.51. The Kier molecular flexibility index (Phi) is 12.7. The lowest BCUT2D eigenvalue weighted by atomic mass is 9.82. The zero-order chi connectivity index (χ0) is 23.9. The van der Waals surface area contributed by atoms with Gasteiger partial charge < -0.3 is 24.1 Å². The van der Waals surface area contributed by atoms with Gasteiger partial charge in [0.25, 0.3) is 0 Å². The molecule has 0 heterocycles. The van der Waals surface area contributed by atoms with Crippen LogP contribution in [-0.2, 0) is 42.9 Å². The SMILES string of the molecule is C=CC(=O)OCC(C)OC(=O)CCC(=O)OCCCCOC(=O)C1CCC(C(=O)O)CC1. The van der Waals surface area contributed by atoms with Crippen LogP contribution in [0, 0.1) is 11.8 Å². The first kappa shape index (κ1) is 27.1. The number of carboxylic acids is 1. The number of aliphatic carboxylic acids is 1. The van der Waals surface area contributed by atoms with Gasteiger partial charge in [-0.25, -0.2) is 4.79 Å². The monoisotopic (exact) mass is 456 g/mol. The van der Waals surface area contributed by atoms with E-state index in [1.54, 1.807) is 6.92 Å². The quantitative estimate of drug-likeness (QED) is 0.179. The minimum Gasteiger partial charge on any atom is -0.481 e. The van der Waals surface area contributed by atoms with Crippen LogP contribution in [0.3, 0.4) is 0 Å². The first-order valence-corrected chi connectivity index (χ1v) is 10.8. The molecule has 10 heteroatoms. The third kappa shape index (κ3) is 11.5. The number of unbranched alkanes of at least 4 members (excludes halogenated alkanes) is 1. The zero-order valence-electron chi connectivity index (χ0n) is 18.4. The molecule has 10 nitrogen and oxygen atoms in total. The van der Waals surface area contributed by atoms with Crippen molar-refractivity contribution in [2.24, 2.45) is 11.8 Å². The third-order valence-electron chi connectivity index (χ3n) is 4.95. The van der Waals surface area contributed by atoms with Crippen molar-refractivity contribution in [1.29, 1.82) is 0 Å². The second-order valence-corrected chi connectivity index (χ2v) is 7.62. The van der Waals surface area contributed by atoms with Crippen LogP contribution >= 0.6 is 0 Å². The van der Waals surface area contributed by atoms with Gasteiger partial charge in [-0.15, -0.1) is 0 Å². The molecule has 1 rings (SSSR count). The molecule has 1 saturated carbocycles. The molecule has 0 spiro atoms. The van der Waals surface area contributed by atoms with Crippen molar-refractivity contribution in [2.45, 2.75) is 64.4 Å². The summed E-state index contributed by atoms with van der Waals surface area (Å²) in [5.41, 5.74) is 0. The molecule has 1 unspecified atom stereocenters. The summed E-state index contributed by atoms with van der Waals surface area (Å²) >= 11 is 0. The van der Waals surface area contributed by atoms with Gasteiger partial charge in [0, 0.05) is 6.08 Å². The summed E-state index contributed by atoms with van der Waals surface area (Å²) in [4.78, 5) is 57.2. The standard InChI is InChI=1S/C22H32O10/c1-3-18(23)31-14-15(2)32-20(25)11-10-19(24)29-12-4-5-13-30-22(28)17-8-6-16(7-9-17)21(26)27/h3,15-17H,1,4-14H2,2H3,(H,26,27). The summed E-state index contributed by atoms with van der Waals surface area (Å²) in [6.45, 7) is 5.05. The minimum atomic E-state index is -0.815. The van der Waals surface area contributed by atoms with Crippen molar-refractivity contribution in [3.05, 3.63) is 12.7 Å². The molecule has 1 N–H and O–H groups in total. The van der Waals surface area contributed by atoms with Crippen LogP contribution < -0.4 is 0 Å². The smallest absolute Gasteiger partial charge is 0.330 e.